The van der Waals surface area contributed by atoms with Gasteiger partial charge in [-0.25, -0.2) is 0 Å². The van der Waals surface area contributed by atoms with Crippen LogP contribution in [0.5, 0.6) is 0 Å². The molecule has 3 heteroatoms. The highest BCUT2D eigenvalue weighted by Crippen LogP contribution is 2.19. The lowest BCUT2D eigenvalue weighted by molar-refractivity contribution is -0.115. The van der Waals surface area contributed by atoms with Crippen molar-refractivity contribution in [1.29, 1.82) is 0 Å². The monoisotopic (exact) mass is 296 g/mol. The van der Waals surface area contributed by atoms with Crippen LogP contribution in [0.4, 0.5) is 5.69 Å². The molecule has 0 bridgehead atoms. The summed E-state index contributed by atoms with van der Waals surface area (Å²) in [5.41, 5.74) is 3.17. The number of para-hydroxylation sites is 1. The fourth-order valence-electron chi connectivity index (χ4n) is 2.15. The number of benzene rings is 2. The summed E-state index contributed by atoms with van der Waals surface area (Å²) in [6.45, 7) is 6.44. The molecule has 2 N–H and O–H groups in total. The number of nitrogens with one attached hydrogen (secondary N) is 2. The average Bonchev–Trinajstić information content (AvgIpc) is 2.48. The fourth-order valence-corrected chi connectivity index (χ4v) is 2.15. The highest BCUT2D eigenvalue weighted by Gasteiger charge is 2.12. The Morgan fingerprint density at radius 1 is 0.955 bits per heavy atom. The number of rotatable bonds is 5. The third-order valence-electron chi connectivity index (χ3n) is 3.31. The van der Waals surface area contributed by atoms with Gasteiger partial charge in [0.25, 0.3) is 0 Å². The van der Waals surface area contributed by atoms with Crippen LogP contribution in [0.25, 0.3) is 0 Å². The minimum absolute atomic E-state index is 0.0181. The van der Waals surface area contributed by atoms with Gasteiger partial charge in [-0.2, -0.15) is 0 Å². The van der Waals surface area contributed by atoms with Gasteiger partial charge in [0, 0.05) is 11.2 Å². The van der Waals surface area contributed by atoms with Crippen LogP contribution < -0.4 is 10.6 Å². The molecule has 0 heterocycles. The van der Waals surface area contributed by atoms with Crippen molar-refractivity contribution in [2.24, 2.45) is 0 Å². The molecule has 0 saturated heterocycles. The van der Waals surface area contributed by atoms with Gasteiger partial charge in [-0.05, 0) is 44.4 Å². The molecule has 2 rings (SSSR count). The number of carbonyl (C=O) groups is 1. The predicted molar refractivity (Wildman–Crippen MR) is 92.1 cm³/mol. The summed E-state index contributed by atoms with van der Waals surface area (Å²) >= 11 is 0. The van der Waals surface area contributed by atoms with E-state index in [0.29, 0.717) is 6.54 Å². The van der Waals surface area contributed by atoms with Crippen LogP contribution in [-0.4, -0.2) is 18.0 Å². The lowest BCUT2D eigenvalue weighted by Gasteiger charge is -2.20. The summed E-state index contributed by atoms with van der Waals surface area (Å²) in [4.78, 5) is 12.1. The highest BCUT2D eigenvalue weighted by atomic mass is 16.1. The zero-order chi connectivity index (χ0) is 16.0. The van der Waals surface area contributed by atoms with E-state index >= 15 is 0 Å². The van der Waals surface area contributed by atoms with Gasteiger partial charge >= 0.3 is 0 Å². The molecule has 0 unspecified atom stereocenters. The number of hydrogen-bond acceptors (Lipinski definition) is 2. The van der Waals surface area contributed by atoms with E-state index in [9.17, 15) is 4.79 Å². The maximum atomic E-state index is 12.1. The number of amides is 1. The maximum absolute atomic E-state index is 12.1. The molecule has 1 amide bonds. The van der Waals surface area contributed by atoms with Gasteiger partial charge in [0.15, 0.2) is 0 Å². The topological polar surface area (TPSA) is 41.1 Å². The van der Waals surface area contributed by atoms with E-state index in [1.807, 2.05) is 57.2 Å². The largest absolute Gasteiger partial charge is 0.325 e. The molecule has 3 nitrogen and oxygen atoms in total. The molecule has 0 aliphatic carbocycles. The van der Waals surface area contributed by atoms with Crippen LogP contribution >= 0.6 is 0 Å². The summed E-state index contributed by atoms with van der Waals surface area (Å²) in [7, 11) is 0. The van der Waals surface area contributed by atoms with Crippen molar-refractivity contribution in [1.82, 2.24) is 5.32 Å². The molecule has 2 aromatic carbocycles. The van der Waals surface area contributed by atoms with Gasteiger partial charge in [0.1, 0.15) is 0 Å². The van der Waals surface area contributed by atoms with E-state index in [4.69, 9.17) is 0 Å². The van der Waals surface area contributed by atoms with E-state index in [-0.39, 0.29) is 11.4 Å². The first kappa shape index (κ1) is 16.2. The molecular formula is C19H24N2O. The Hall–Kier alpha value is -2.13. The van der Waals surface area contributed by atoms with E-state index in [1.54, 1.807) is 0 Å². The van der Waals surface area contributed by atoms with Gasteiger partial charge in [0.2, 0.25) is 5.91 Å². The minimum Gasteiger partial charge on any atom is -0.325 e. The number of hydrogen-bond donors (Lipinski definition) is 2. The van der Waals surface area contributed by atoms with Crippen molar-refractivity contribution >= 4 is 11.6 Å². The summed E-state index contributed by atoms with van der Waals surface area (Å²) in [6, 6.07) is 18.2. The van der Waals surface area contributed by atoms with Crippen molar-refractivity contribution in [2.45, 2.75) is 32.7 Å². The quantitative estimate of drug-likeness (QED) is 0.885. The van der Waals surface area contributed by atoms with Crippen molar-refractivity contribution in [2.75, 3.05) is 11.9 Å². The smallest absolute Gasteiger partial charge is 0.238 e. The zero-order valence-electron chi connectivity index (χ0n) is 13.5. The van der Waals surface area contributed by atoms with Crippen molar-refractivity contribution in [3.05, 3.63) is 65.7 Å². The third-order valence-corrected chi connectivity index (χ3v) is 3.31. The Kier molecular flexibility index (Phi) is 5.34. The second-order valence-corrected chi connectivity index (χ2v) is 6.47. The molecular weight excluding hydrogens is 272 g/mol. The molecule has 0 atom stereocenters. The zero-order valence-corrected chi connectivity index (χ0v) is 13.5. The van der Waals surface area contributed by atoms with E-state index < -0.39 is 0 Å². The summed E-state index contributed by atoms with van der Waals surface area (Å²) in [6.07, 6.45) is 0.810. The molecule has 22 heavy (non-hydrogen) atoms. The summed E-state index contributed by atoms with van der Waals surface area (Å²) in [5.74, 6) is -0.0181. The molecule has 0 aliphatic rings. The fraction of sp³-hybridized carbons (Fsp3) is 0.316. The van der Waals surface area contributed by atoms with E-state index in [2.05, 4.69) is 28.8 Å². The molecule has 0 aliphatic heterocycles. The number of carbonyl (C=O) groups excluding carboxylic acids is 1. The molecule has 0 fully saturated rings. The van der Waals surface area contributed by atoms with Crippen LogP contribution in [0.1, 0.15) is 31.9 Å². The van der Waals surface area contributed by atoms with Crippen LogP contribution in [0, 0.1) is 0 Å². The van der Waals surface area contributed by atoms with Gasteiger partial charge in [-0.15, -0.1) is 0 Å². The van der Waals surface area contributed by atoms with Gasteiger partial charge < -0.3 is 10.6 Å². The molecule has 0 radical (unpaired) electrons. The van der Waals surface area contributed by atoms with E-state index in [0.717, 1.165) is 17.7 Å². The van der Waals surface area contributed by atoms with Crippen molar-refractivity contribution < 1.29 is 4.79 Å². The first-order chi connectivity index (χ1) is 10.4. The Morgan fingerprint density at radius 3 is 2.27 bits per heavy atom. The lowest BCUT2D eigenvalue weighted by atomic mass is 10.0. The average molecular weight is 296 g/mol. The first-order valence-electron chi connectivity index (χ1n) is 7.61. The second-order valence-electron chi connectivity index (χ2n) is 6.47. The Balaban J connectivity index is 2.04. The SMILES string of the molecule is CC(C)(C)NCC(=O)Nc1ccccc1Cc1ccccc1. The van der Waals surface area contributed by atoms with Crippen LogP contribution in [0.2, 0.25) is 0 Å². The van der Waals surface area contributed by atoms with Gasteiger partial charge in [-0.1, -0.05) is 48.5 Å². The third kappa shape index (κ3) is 5.34. The van der Waals surface area contributed by atoms with E-state index in [1.165, 1.54) is 5.56 Å². The molecule has 0 aromatic heterocycles. The van der Waals surface area contributed by atoms with Crippen molar-refractivity contribution in [3.63, 3.8) is 0 Å². The molecule has 2 aromatic rings. The standard InChI is InChI=1S/C19H24N2O/c1-19(2,3)20-14-18(22)21-17-12-8-7-11-16(17)13-15-9-5-4-6-10-15/h4-12,20H,13-14H2,1-3H3,(H,21,22). The van der Waals surface area contributed by atoms with Gasteiger partial charge in [0.05, 0.1) is 6.54 Å². The molecule has 116 valence electrons. The maximum Gasteiger partial charge on any atom is 0.238 e. The van der Waals surface area contributed by atoms with Crippen molar-refractivity contribution in [3.8, 4) is 0 Å². The normalized spacial score (nSPS) is 11.2. The van der Waals surface area contributed by atoms with Crippen LogP contribution in [-0.2, 0) is 11.2 Å². The second kappa shape index (κ2) is 7.23. The first-order valence-corrected chi connectivity index (χ1v) is 7.61. The highest BCUT2D eigenvalue weighted by molar-refractivity contribution is 5.93. The number of anilines is 1. The Morgan fingerprint density at radius 2 is 1.59 bits per heavy atom. The van der Waals surface area contributed by atoms with Gasteiger partial charge in [-0.3, -0.25) is 4.79 Å². The molecule has 0 spiro atoms. The predicted octanol–water partition coefficient (Wildman–Crippen LogP) is 3.60. The van der Waals surface area contributed by atoms with Crippen LogP contribution in [0.3, 0.4) is 0 Å². The minimum atomic E-state index is -0.0686. The summed E-state index contributed by atoms with van der Waals surface area (Å²) in [5, 5.41) is 6.20. The Bertz CT molecular complexity index is 615. The van der Waals surface area contributed by atoms with Crippen LogP contribution in [0.15, 0.2) is 54.6 Å². The Labute approximate surface area is 132 Å². The summed E-state index contributed by atoms with van der Waals surface area (Å²) < 4.78 is 0. The molecule has 0 saturated carbocycles. The lowest BCUT2D eigenvalue weighted by Crippen LogP contribution is -2.41.